The Labute approximate surface area is 182 Å². The van der Waals surface area contributed by atoms with Crippen molar-refractivity contribution in [2.24, 2.45) is 0 Å². The second kappa shape index (κ2) is 8.99. The molecule has 0 aliphatic rings. The minimum atomic E-state index is -4.40. The summed E-state index contributed by atoms with van der Waals surface area (Å²) in [5.41, 5.74) is 0.743. The van der Waals surface area contributed by atoms with Gasteiger partial charge in [-0.3, -0.25) is 9.35 Å². The van der Waals surface area contributed by atoms with Crippen LogP contribution in [0.4, 0.5) is 0 Å². The fourth-order valence-corrected chi connectivity index (χ4v) is 3.12. The Morgan fingerprint density at radius 3 is 2.47 bits per heavy atom. The lowest BCUT2D eigenvalue weighted by atomic mass is 10.2. The molecule has 1 heterocycles. The number of benzene rings is 2. The Bertz CT molecular complexity index is 1180. The molecular weight excluding hydrogens is 476 g/mol. The maximum atomic E-state index is 12.2. The second-order valence-electron chi connectivity index (χ2n) is 6.46. The zero-order valence-electron chi connectivity index (χ0n) is 16.1. The van der Waals surface area contributed by atoms with Gasteiger partial charge in [-0.05, 0) is 44.2 Å². The van der Waals surface area contributed by atoms with Gasteiger partial charge < -0.3 is 14.8 Å². The highest BCUT2D eigenvalue weighted by Crippen LogP contribution is 2.32. The Balaban J connectivity index is 1.77. The van der Waals surface area contributed by atoms with Crippen molar-refractivity contribution in [3.63, 3.8) is 0 Å². The van der Waals surface area contributed by atoms with Gasteiger partial charge in [0.15, 0.2) is 23.0 Å². The van der Waals surface area contributed by atoms with E-state index in [4.69, 9.17) is 14.0 Å². The fraction of sp³-hybridized carbons (Fsp3) is 0.200. The Morgan fingerprint density at radius 1 is 1.10 bits per heavy atom. The van der Waals surface area contributed by atoms with Crippen LogP contribution in [0.25, 0.3) is 10.9 Å². The minimum Gasteiger partial charge on any atom is -0.477 e. The molecule has 0 fully saturated rings. The molecule has 0 radical (unpaired) electrons. The first-order chi connectivity index (χ1) is 14.1. The Kier molecular flexibility index (Phi) is 6.59. The van der Waals surface area contributed by atoms with Crippen LogP contribution in [0.3, 0.4) is 0 Å². The minimum absolute atomic E-state index is 0.274. The van der Waals surface area contributed by atoms with Crippen LogP contribution in [0, 0.1) is 0 Å². The molecule has 3 aromatic rings. The van der Waals surface area contributed by atoms with E-state index in [-0.39, 0.29) is 5.75 Å². The number of pyridine rings is 1. The molecule has 0 spiro atoms. The highest BCUT2D eigenvalue weighted by molar-refractivity contribution is 9.10. The van der Waals surface area contributed by atoms with Crippen molar-refractivity contribution in [3.05, 3.63) is 59.1 Å². The third kappa shape index (κ3) is 5.47. The molecule has 10 heteroatoms. The van der Waals surface area contributed by atoms with E-state index in [0.29, 0.717) is 11.6 Å². The molecule has 0 saturated heterocycles. The maximum Gasteiger partial charge on any atom is 0.285 e. The first kappa shape index (κ1) is 22.0. The maximum absolute atomic E-state index is 12.2. The summed E-state index contributed by atoms with van der Waals surface area (Å²) in [7, 11) is -4.40. The number of hydrogen-bond donors (Lipinski definition) is 2. The van der Waals surface area contributed by atoms with E-state index >= 15 is 0 Å². The number of fused-ring (bicyclic) bond motifs is 1. The second-order valence-corrected chi connectivity index (χ2v) is 9.11. The van der Waals surface area contributed by atoms with Crippen molar-refractivity contribution in [2.45, 2.75) is 25.3 Å². The SMILES string of the molecule is CC(Oc1ccccc1Oc1ccc2ccc(Br)cc2n1)C(=O)NC(C)S(=O)(=O)O. The summed E-state index contributed by atoms with van der Waals surface area (Å²) in [6.45, 7) is 2.61. The largest absolute Gasteiger partial charge is 0.477 e. The van der Waals surface area contributed by atoms with Gasteiger partial charge in [0.25, 0.3) is 16.0 Å². The van der Waals surface area contributed by atoms with E-state index in [9.17, 15) is 13.2 Å². The van der Waals surface area contributed by atoms with E-state index < -0.39 is 27.5 Å². The summed E-state index contributed by atoms with van der Waals surface area (Å²) < 4.78 is 43.6. The quantitative estimate of drug-likeness (QED) is 0.478. The molecule has 1 aromatic heterocycles. The number of hydrogen-bond acceptors (Lipinski definition) is 6. The average Bonchev–Trinajstić information content (AvgIpc) is 2.68. The zero-order valence-corrected chi connectivity index (χ0v) is 18.5. The van der Waals surface area contributed by atoms with Crippen LogP contribution >= 0.6 is 15.9 Å². The van der Waals surface area contributed by atoms with Crippen molar-refractivity contribution >= 4 is 42.9 Å². The summed E-state index contributed by atoms with van der Waals surface area (Å²) in [4.78, 5) is 16.7. The van der Waals surface area contributed by atoms with Gasteiger partial charge in [0, 0.05) is 15.9 Å². The predicted molar refractivity (Wildman–Crippen MR) is 115 cm³/mol. The van der Waals surface area contributed by atoms with E-state index in [1.54, 1.807) is 30.3 Å². The van der Waals surface area contributed by atoms with Crippen LogP contribution in [0.15, 0.2) is 59.1 Å². The van der Waals surface area contributed by atoms with Crippen LogP contribution in [0.2, 0.25) is 0 Å². The number of aromatic nitrogens is 1. The van der Waals surface area contributed by atoms with Gasteiger partial charge in [-0.25, -0.2) is 4.98 Å². The number of nitrogens with zero attached hydrogens (tertiary/aromatic N) is 1. The van der Waals surface area contributed by atoms with Gasteiger partial charge in [0.1, 0.15) is 0 Å². The molecule has 30 heavy (non-hydrogen) atoms. The van der Waals surface area contributed by atoms with Crippen molar-refractivity contribution in [1.29, 1.82) is 0 Å². The lowest BCUT2D eigenvalue weighted by Gasteiger charge is -2.18. The lowest BCUT2D eigenvalue weighted by Crippen LogP contribution is -2.44. The monoisotopic (exact) mass is 494 g/mol. The normalized spacial score (nSPS) is 13.5. The van der Waals surface area contributed by atoms with Crippen LogP contribution < -0.4 is 14.8 Å². The number of amides is 1. The average molecular weight is 495 g/mol. The van der Waals surface area contributed by atoms with Gasteiger partial charge >= 0.3 is 0 Å². The van der Waals surface area contributed by atoms with E-state index in [1.165, 1.54) is 6.92 Å². The number of ether oxygens (including phenoxy) is 2. The summed E-state index contributed by atoms with van der Waals surface area (Å²) >= 11 is 3.41. The van der Waals surface area contributed by atoms with Crippen LogP contribution in [-0.4, -0.2) is 35.3 Å². The topological polar surface area (TPSA) is 115 Å². The number of rotatable bonds is 7. The molecule has 2 unspecified atom stereocenters. The van der Waals surface area contributed by atoms with Gasteiger partial charge in [-0.15, -0.1) is 0 Å². The molecule has 2 aromatic carbocycles. The summed E-state index contributed by atoms with van der Waals surface area (Å²) in [5, 5.41) is 1.67. The molecule has 2 atom stereocenters. The Hall–Kier alpha value is -2.69. The number of halogens is 1. The van der Waals surface area contributed by atoms with Crippen molar-refractivity contribution in [2.75, 3.05) is 0 Å². The van der Waals surface area contributed by atoms with Gasteiger partial charge in [-0.2, -0.15) is 8.42 Å². The molecule has 0 aliphatic heterocycles. The van der Waals surface area contributed by atoms with Crippen molar-refractivity contribution < 1.29 is 27.2 Å². The molecule has 0 aliphatic carbocycles. The smallest absolute Gasteiger partial charge is 0.285 e. The third-order valence-corrected chi connectivity index (χ3v) is 5.66. The molecule has 2 N–H and O–H groups in total. The Morgan fingerprint density at radius 2 is 1.77 bits per heavy atom. The summed E-state index contributed by atoms with van der Waals surface area (Å²) in [6.07, 6.45) is -1.04. The van der Waals surface area contributed by atoms with Gasteiger partial charge in [0.2, 0.25) is 5.88 Å². The highest BCUT2D eigenvalue weighted by Gasteiger charge is 2.24. The van der Waals surface area contributed by atoms with Crippen molar-refractivity contribution in [1.82, 2.24) is 10.3 Å². The third-order valence-electron chi connectivity index (χ3n) is 4.16. The fourth-order valence-electron chi connectivity index (χ4n) is 2.51. The van der Waals surface area contributed by atoms with Gasteiger partial charge in [-0.1, -0.05) is 34.1 Å². The predicted octanol–water partition coefficient (Wildman–Crippen LogP) is 3.91. The van der Waals surface area contributed by atoms with E-state index in [1.807, 2.05) is 24.3 Å². The molecule has 0 saturated carbocycles. The standard InChI is InChI=1S/C20H19BrN2O6S/c1-12(20(24)22-13(2)30(25,26)27)28-17-5-3-4-6-18(17)29-19-10-8-14-7-9-15(21)11-16(14)23-19/h3-13H,1-2H3,(H,22,24)(H,25,26,27). The summed E-state index contributed by atoms with van der Waals surface area (Å²) in [5.74, 6) is 0.245. The number of carbonyl (C=O) groups excluding carboxylic acids is 1. The number of para-hydroxylation sites is 2. The molecule has 158 valence electrons. The van der Waals surface area contributed by atoms with Crippen molar-refractivity contribution in [3.8, 4) is 17.4 Å². The van der Waals surface area contributed by atoms with E-state index in [2.05, 4.69) is 26.2 Å². The molecule has 1 amide bonds. The van der Waals surface area contributed by atoms with E-state index in [0.717, 1.165) is 22.3 Å². The van der Waals surface area contributed by atoms with Gasteiger partial charge in [0.05, 0.1) is 5.52 Å². The highest BCUT2D eigenvalue weighted by atomic mass is 79.9. The number of carbonyl (C=O) groups is 1. The molecule has 3 rings (SSSR count). The number of nitrogens with one attached hydrogen (secondary N) is 1. The molecule has 0 bridgehead atoms. The zero-order chi connectivity index (χ0) is 21.9. The van der Waals surface area contributed by atoms with Crippen LogP contribution in [0.5, 0.6) is 17.4 Å². The summed E-state index contributed by atoms with van der Waals surface area (Å²) in [6, 6.07) is 16.0. The molecule has 8 nitrogen and oxygen atoms in total. The van der Waals surface area contributed by atoms with Crippen LogP contribution in [-0.2, 0) is 14.9 Å². The first-order valence-electron chi connectivity index (χ1n) is 8.90. The first-order valence-corrected chi connectivity index (χ1v) is 11.2. The van der Waals surface area contributed by atoms with Crippen LogP contribution in [0.1, 0.15) is 13.8 Å². The molecular formula is C20H19BrN2O6S. The lowest BCUT2D eigenvalue weighted by molar-refractivity contribution is -0.127.